The minimum Gasteiger partial charge on any atom is -0.493 e. The number of ether oxygens (including phenoxy) is 2. The molecule has 27 heavy (non-hydrogen) atoms. The monoisotopic (exact) mass is 367 g/mol. The third-order valence-electron chi connectivity index (χ3n) is 4.41. The van der Waals surface area contributed by atoms with Gasteiger partial charge in [-0.05, 0) is 38.1 Å². The largest absolute Gasteiger partial charge is 0.493 e. The highest BCUT2D eigenvalue weighted by Gasteiger charge is 2.11. The standard InChI is InChI=1S/C21H25N3O3/c1-15-5-8-17(9-6-15)21-22-20(27-23-21)14-24(2)12-11-16-7-10-18(25-3)19(13-16)26-4/h5-10,13H,11-12,14H2,1-4H3. The van der Waals surface area contributed by atoms with E-state index in [9.17, 15) is 0 Å². The summed E-state index contributed by atoms with van der Waals surface area (Å²) >= 11 is 0. The molecule has 3 rings (SSSR count). The van der Waals surface area contributed by atoms with E-state index in [0.717, 1.165) is 30.0 Å². The molecule has 0 saturated carbocycles. The molecule has 1 heterocycles. The maximum absolute atomic E-state index is 5.40. The Kier molecular flexibility index (Phi) is 6.08. The molecule has 0 spiro atoms. The normalized spacial score (nSPS) is 11.0. The summed E-state index contributed by atoms with van der Waals surface area (Å²) in [6.45, 7) is 3.52. The zero-order valence-electron chi connectivity index (χ0n) is 16.2. The Bertz CT molecular complexity index is 875. The fraction of sp³-hybridized carbons (Fsp3) is 0.333. The first-order valence-corrected chi connectivity index (χ1v) is 8.88. The Morgan fingerprint density at radius 3 is 2.44 bits per heavy atom. The van der Waals surface area contributed by atoms with Crippen LogP contribution in [0, 0.1) is 6.92 Å². The van der Waals surface area contributed by atoms with Crippen LogP contribution in [0.3, 0.4) is 0 Å². The van der Waals surface area contributed by atoms with Crippen LogP contribution in [-0.4, -0.2) is 42.9 Å². The van der Waals surface area contributed by atoms with Crippen molar-refractivity contribution in [1.29, 1.82) is 0 Å². The van der Waals surface area contributed by atoms with E-state index in [2.05, 4.69) is 28.0 Å². The Morgan fingerprint density at radius 1 is 1.00 bits per heavy atom. The Labute approximate surface area is 159 Å². The van der Waals surface area contributed by atoms with Gasteiger partial charge in [-0.3, -0.25) is 4.90 Å². The highest BCUT2D eigenvalue weighted by atomic mass is 16.5. The second-order valence-electron chi connectivity index (χ2n) is 6.55. The van der Waals surface area contributed by atoms with Gasteiger partial charge >= 0.3 is 0 Å². The molecular formula is C21H25N3O3. The van der Waals surface area contributed by atoms with Crippen molar-refractivity contribution >= 4 is 0 Å². The highest BCUT2D eigenvalue weighted by Crippen LogP contribution is 2.27. The van der Waals surface area contributed by atoms with E-state index in [1.54, 1.807) is 14.2 Å². The molecule has 0 bridgehead atoms. The van der Waals surface area contributed by atoms with Crippen LogP contribution in [-0.2, 0) is 13.0 Å². The SMILES string of the molecule is COc1ccc(CCN(C)Cc2nc(-c3ccc(C)cc3)no2)cc1OC. The average Bonchev–Trinajstić information content (AvgIpc) is 3.15. The van der Waals surface area contributed by atoms with Crippen molar-refractivity contribution in [3.05, 3.63) is 59.5 Å². The summed E-state index contributed by atoms with van der Waals surface area (Å²) < 4.78 is 16.0. The molecule has 0 radical (unpaired) electrons. The average molecular weight is 367 g/mol. The van der Waals surface area contributed by atoms with Crippen molar-refractivity contribution in [3.63, 3.8) is 0 Å². The summed E-state index contributed by atoms with van der Waals surface area (Å²) in [5, 5.41) is 4.09. The maximum Gasteiger partial charge on any atom is 0.241 e. The Balaban J connectivity index is 1.57. The Morgan fingerprint density at radius 2 is 1.74 bits per heavy atom. The number of aromatic nitrogens is 2. The van der Waals surface area contributed by atoms with Crippen LogP contribution >= 0.6 is 0 Å². The molecule has 3 aromatic rings. The van der Waals surface area contributed by atoms with Gasteiger partial charge in [-0.25, -0.2) is 0 Å². The van der Waals surface area contributed by atoms with Gasteiger partial charge in [0.15, 0.2) is 11.5 Å². The summed E-state index contributed by atoms with van der Waals surface area (Å²) in [5.74, 6) is 2.72. The summed E-state index contributed by atoms with van der Waals surface area (Å²) in [7, 11) is 5.33. The molecule has 0 amide bonds. The molecular weight excluding hydrogens is 342 g/mol. The number of hydrogen-bond donors (Lipinski definition) is 0. The number of likely N-dealkylation sites (N-methyl/N-ethyl adjacent to an activating group) is 1. The molecule has 0 saturated heterocycles. The van der Waals surface area contributed by atoms with Crippen LogP contribution in [0.25, 0.3) is 11.4 Å². The summed E-state index contributed by atoms with van der Waals surface area (Å²) in [6, 6.07) is 14.1. The van der Waals surface area contributed by atoms with Gasteiger partial charge in [0.1, 0.15) is 0 Å². The number of benzene rings is 2. The third kappa shape index (κ3) is 4.86. The third-order valence-corrected chi connectivity index (χ3v) is 4.41. The van der Waals surface area contributed by atoms with Crippen molar-refractivity contribution < 1.29 is 14.0 Å². The molecule has 0 aliphatic carbocycles. The lowest BCUT2D eigenvalue weighted by molar-refractivity contribution is 0.269. The van der Waals surface area contributed by atoms with Crippen LogP contribution in [0.5, 0.6) is 11.5 Å². The van der Waals surface area contributed by atoms with Crippen LogP contribution in [0.4, 0.5) is 0 Å². The van der Waals surface area contributed by atoms with Crippen LogP contribution < -0.4 is 9.47 Å². The van der Waals surface area contributed by atoms with Crippen molar-refractivity contribution in [1.82, 2.24) is 15.0 Å². The summed E-state index contributed by atoms with van der Waals surface area (Å²) in [6.07, 6.45) is 0.885. The van der Waals surface area contributed by atoms with E-state index in [1.165, 1.54) is 11.1 Å². The van der Waals surface area contributed by atoms with Crippen LogP contribution in [0.1, 0.15) is 17.0 Å². The molecule has 0 atom stereocenters. The first-order chi connectivity index (χ1) is 13.1. The van der Waals surface area contributed by atoms with Gasteiger partial charge in [0.05, 0.1) is 20.8 Å². The van der Waals surface area contributed by atoms with Gasteiger partial charge in [-0.15, -0.1) is 0 Å². The molecule has 0 unspecified atom stereocenters. The minimum atomic E-state index is 0.603. The van der Waals surface area contributed by atoms with Crippen LogP contribution in [0.15, 0.2) is 47.0 Å². The molecule has 0 N–H and O–H groups in total. The van der Waals surface area contributed by atoms with Gasteiger partial charge < -0.3 is 14.0 Å². The zero-order chi connectivity index (χ0) is 19.2. The van der Waals surface area contributed by atoms with Gasteiger partial charge in [0, 0.05) is 12.1 Å². The van der Waals surface area contributed by atoms with Gasteiger partial charge in [0.25, 0.3) is 0 Å². The van der Waals surface area contributed by atoms with E-state index < -0.39 is 0 Å². The zero-order valence-corrected chi connectivity index (χ0v) is 16.2. The molecule has 6 nitrogen and oxygen atoms in total. The highest BCUT2D eigenvalue weighted by molar-refractivity contribution is 5.54. The van der Waals surface area contributed by atoms with Crippen LogP contribution in [0.2, 0.25) is 0 Å². The van der Waals surface area contributed by atoms with Gasteiger partial charge in [0.2, 0.25) is 11.7 Å². The predicted molar refractivity (Wildman–Crippen MR) is 104 cm³/mol. The maximum atomic E-state index is 5.40. The molecule has 142 valence electrons. The molecule has 0 aliphatic rings. The predicted octanol–water partition coefficient (Wildman–Crippen LogP) is 3.74. The molecule has 0 fully saturated rings. The molecule has 0 aliphatic heterocycles. The number of nitrogens with zero attached hydrogens (tertiary/aromatic N) is 3. The number of aryl methyl sites for hydroxylation is 1. The second kappa shape index (κ2) is 8.68. The van der Waals surface area contributed by atoms with E-state index >= 15 is 0 Å². The van der Waals surface area contributed by atoms with E-state index in [0.29, 0.717) is 18.3 Å². The van der Waals surface area contributed by atoms with Crippen molar-refractivity contribution in [2.75, 3.05) is 27.8 Å². The topological polar surface area (TPSA) is 60.6 Å². The number of rotatable bonds is 8. The van der Waals surface area contributed by atoms with Crippen molar-refractivity contribution in [3.8, 4) is 22.9 Å². The summed E-state index contributed by atoms with van der Waals surface area (Å²) in [5.41, 5.74) is 3.35. The lowest BCUT2D eigenvalue weighted by Crippen LogP contribution is -2.21. The molecule has 1 aromatic heterocycles. The fourth-order valence-corrected chi connectivity index (χ4v) is 2.81. The lowest BCUT2D eigenvalue weighted by atomic mass is 10.1. The van der Waals surface area contributed by atoms with Gasteiger partial charge in [-0.1, -0.05) is 41.1 Å². The number of methoxy groups -OCH3 is 2. The van der Waals surface area contributed by atoms with E-state index in [-0.39, 0.29) is 0 Å². The van der Waals surface area contributed by atoms with Gasteiger partial charge in [-0.2, -0.15) is 4.98 Å². The molecule has 2 aromatic carbocycles. The minimum absolute atomic E-state index is 0.603. The van der Waals surface area contributed by atoms with Crippen molar-refractivity contribution in [2.24, 2.45) is 0 Å². The smallest absolute Gasteiger partial charge is 0.241 e. The number of hydrogen-bond acceptors (Lipinski definition) is 6. The lowest BCUT2D eigenvalue weighted by Gasteiger charge is -2.15. The molecule has 6 heteroatoms. The first kappa shape index (κ1) is 18.9. The Hall–Kier alpha value is -2.86. The fourth-order valence-electron chi connectivity index (χ4n) is 2.81. The first-order valence-electron chi connectivity index (χ1n) is 8.88. The quantitative estimate of drug-likeness (QED) is 0.604. The van der Waals surface area contributed by atoms with E-state index in [4.69, 9.17) is 14.0 Å². The summed E-state index contributed by atoms with van der Waals surface area (Å²) in [4.78, 5) is 6.66. The van der Waals surface area contributed by atoms with E-state index in [1.807, 2.05) is 43.4 Å². The van der Waals surface area contributed by atoms with Crippen molar-refractivity contribution in [2.45, 2.75) is 19.9 Å². The second-order valence-corrected chi connectivity index (χ2v) is 6.55.